The second-order valence-corrected chi connectivity index (χ2v) is 9.07. The molecule has 2 heterocycles. The number of benzene rings is 2. The number of likely N-dealkylation sites (tertiary alicyclic amines) is 1. The van der Waals surface area contributed by atoms with Crippen molar-refractivity contribution in [2.24, 2.45) is 5.92 Å². The SMILES string of the molecule is Cc1ccccc1-c1cc(=O)oc2cc(OC(C)C(=O)N3CCC[C@H](C(=O)N(C)C)C3)ccc12. The van der Waals surface area contributed by atoms with Crippen molar-refractivity contribution in [1.29, 1.82) is 0 Å². The molecule has 2 amide bonds. The van der Waals surface area contributed by atoms with Gasteiger partial charge in [0.05, 0.1) is 5.92 Å². The predicted octanol–water partition coefficient (Wildman–Crippen LogP) is 3.86. The van der Waals surface area contributed by atoms with Crippen LogP contribution in [0.4, 0.5) is 0 Å². The van der Waals surface area contributed by atoms with Crippen molar-refractivity contribution in [1.82, 2.24) is 9.80 Å². The lowest BCUT2D eigenvalue weighted by molar-refractivity contribution is -0.143. The molecule has 0 aliphatic carbocycles. The lowest BCUT2D eigenvalue weighted by Crippen LogP contribution is -2.48. The molecule has 0 N–H and O–H groups in total. The van der Waals surface area contributed by atoms with E-state index in [0.29, 0.717) is 24.4 Å². The number of fused-ring (bicyclic) bond motifs is 1. The third-order valence-electron chi connectivity index (χ3n) is 6.33. The molecule has 4 rings (SSSR count). The molecule has 0 bridgehead atoms. The van der Waals surface area contributed by atoms with Crippen molar-refractivity contribution in [3.05, 3.63) is 64.5 Å². The summed E-state index contributed by atoms with van der Waals surface area (Å²) in [6.07, 6.45) is 0.825. The number of piperidine rings is 1. The molecule has 0 saturated carbocycles. The fraction of sp³-hybridized carbons (Fsp3) is 0.370. The quantitative estimate of drug-likeness (QED) is 0.538. The zero-order valence-corrected chi connectivity index (χ0v) is 20.0. The smallest absolute Gasteiger partial charge is 0.336 e. The number of amides is 2. The van der Waals surface area contributed by atoms with E-state index in [0.717, 1.165) is 34.9 Å². The predicted molar refractivity (Wildman–Crippen MR) is 131 cm³/mol. The Balaban J connectivity index is 1.54. The molecule has 34 heavy (non-hydrogen) atoms. The van der Waals surface area contributed by atoms with Gasteiger partial charge in [0.25, 0.3) is 5.91 Å². The second-order valence-electron chi connectivity index (χ2n) is 9.07. The van der Waals surface area contributed by atoms with Crippen LogP contribution in [0.15, 0.2) is 57.7 Å². The van der Waals surface area contributed by atoms with E-state index >= 15 is 0 Å². The van der Waals surface area contributed by atoms with Gasteiger partial charge < -0.3 is 19.0 Å². The topological polar surface area (TPSA) is 80.1 Å². The first-order valence-electron chi connectivity index (χ1n) is 11.5. The van der Waals surface area contributed by atoms with Gasteiger partial charge in [0.1, 0.15) is 11.3 Å². The summed E-state index contributed by atoms with van der Waals surface area (Å²) in [5, 5.41) is 0.793. The first-order chi connectivity index (χ1) is 16.2. The number of aryl methyl sites for hydroxylation is 1. The second kappa shape index (κ2) is 9.71. The Morgan fingerprint density at radius 3 is 2.62 bits per heavy atom. The number of nitrogens with zero attached hydrogens (tertiary/aromatic N) is 2. The largest absolute Gasteiger partial charge is 0.481 e. The van der Waals surface area contributed by atoms with Crippen LogP contribution in [0, 0.1) is 12.8 Å². The Bertz CT molecular complexity index is 1280. The maximum absolute atomic E-state index is 13.0. The van der Waals surface area contributed by atoms with Crippen molar-refractivity contribution in [2.75, 3.05) is 27.2 Å². The summed E-state index contributed by atoms with van der Waals surface area (Å²) < 4.78 is 11.4. The average molecular weight is 463 g/mol. The molecular formula is C27H30N2O5. The molecule has 3 aromatic rings. The van der Waals surface area contributed by atoms with Crippen LogP contribution in [0.3, 0.4) is 0 Å². The van der Waals surface area contributed by atoms with Crippen molar-refractivity contribution in [3.8, 4) is 16.9 Å². The van der Waals surface area contributed by atoms with E-state index in [2.05, 4.69) is 0 Å². The van der Waals surface area contributed by atoms with E-state index < -0.39 is 11.7 Å². The van der Waals surface area contributed by atoms with Gasteiger partial charge in [-0.2, -0.15) is 0 Å². The van der Waals surface area contributed by atoms with Gasteiger partial charge in [0.15, 0.2) is 6.10 Å². The molecule has 1 unspecified atom stereocenters. The van der Waals surface area contributed by atoms with Gasteiger partial charge in [-0.05, 0) is 49.9 Å². The van der Waals surface area contributed by atoms with Crippen LogP contribution in [0.2, 0.25) is 0 Å². The monoisotopic (exact) mass is 462 g/mol. The normalized spacial score (nSPS) is 16.8. The number of hydrogen-bond acceptors (Lipinski definition) is 5. The van der Waals surface area contributed by atoms with Gasteiger partial charge >= 0.3 is 5.63 Å². The van der Waals surface area contributed by atoms with Crippen molar-refractivity contribution < 1.29 is 18.7 Å². The molecule has 2 atom stereocenters. The van der Waals surface area contributed by atoms with Gasteiger partial charge in [0.2, 0.25) is 5.91 Å². The first-order valence-corrected chi connectivity index (χ1v) is 11.5. The minimum absolute atomic E-state index is 0.0417. The molecule has 0 radical (unpaired) electrons. The number of hydrogen-bond donors (Lipinski definition) is 0. The number of carbonyl (C=O) groups is 2. The molecule has 7 heteroatoms. The van der Waals surface area contributed by atoms with E-state index in [4.69, 9.17) is 9.15 Å². The lowest BCUT2D eigenvalue weighted by atomic mass is 9.96. The van der Waals surface area contributed by atoms with Crippen LogP contribution in [0.25, 0.3) is 22.1 Å². The van der Waals surface area contributed by atoms with Gasteiger partial charge in [-0.15, -0.1) is 0 Å². The Kier molecular flexibility index (Phi) is 6.72. The highest BCUT2D eigenvalue weighted by Gasteiger charge is 2.31. The Morgan fingerprint density at radius 2 is 1.88 bits per heavy atom. The van der Waals surface area contributed by atoms with E-state index in [-0.39, 0.29) is 17.7 Å². The highest BCUT2D eigenvalue weighted by Crippen LogP contribution is 2.32. The van der Waals surface area contributed by atoms with E-state index in [1.54, 1.807) is 43.0 Å². The maximum Gasteiger partial charge on any atom is 0.336 e. The Morgan fingerprint density at radius 1 is 1.12 bits per heavy atom. The molecule has 1 aliphatic rings. The zero-order valence-electron chi connectivity index (χ0n) is 20.0. The van der Waals surface area contributed by atoms with Crippen molar-refractivity contribution >= 4 is 22.8 Å². The zero-order chi connectivity index (χ0) is 24.4. The summed E-state index contributed by atoms with van der Waals surface area (Å²) >= 11 is 0. The maximum atomic E-state index is 13.0. The molecule has 1 fully saturated rings. The van der Waals surface area contributed by atoms with E-state index in [1.165, 1.54) is 6.07 Å². The van der Waals surface area contributed by atoms with Crippen LogP contribution in [-0.4, -0.2) is 54.9 Å². The van der Waals surface area contributed by atoms with Crippen LogP contribution in [-0.2, 0) is 9.59 Å². The van der Waals surface area contributed by atoms with Crippen LogP contribution < -0.4 is 10.4 Å². The summed E-state index contributed by atoms with van der Waals surface area (Å²) in [7, 11) is 3.47. The van der Waals surface area contributed by atoms with Crippen molar-refractivity contribution in [3.63, 3.8) is 0 Å². The molecule has 2 aromatic carbocycles. The Hall–Kier alpha value is -3.61. The summed E-state index contributed by atoms with van der Waals surface area (Å²) in [6, 6.07) is 14.6. The molecular weight excluding hydrogens is 432 g/mol. The van der Waals surface area contributed by atoms with Crippen molar-refractivity contribution in [2.45, 2.75) is 32.8 Å². The molecule has 178 valence electrons. The number of ether oxygens (including phenoxy) is 1. The summed E-state index contributed by atoms with van der Waals surface area (Å²) in [5.74, 6) is 0.137. The molecule has 0 spiro atoms. The third-order valence-corrected chi connectivity index (χ3v) is 6.33. The fourth-order valence-corrected chi connectivity index (χ4v) is 4.57. The average Bonchev–Trinajstić information content (AvgIpc) is 2.82. The first kappa shape index (κ1) is 23.5. The third kappa shape index (κ3) is 4.83. The molecule has 7 nitrogen and oxygen atoms in total. The van der Waals surface area contributed by atoms with Crippen LogP contribution >= 0.6 is 0 Å². The number of carbonyl (C=O) groups excluding carboxylic acids is 2. The standard InChI is InChI=1S/C27H30N2O5/c1-17-8-5-6-10-21(17)23-15-25(30)34-24-14-20(11-12-22(23)24)33-18(2)26(31)29-13-7-9-19(16-29)27(32)28(3)4/h5-6,8,10-12,14-15,18-19H,7,9,13,16H2,1-4H3/t18?,19-/m0/s1. The Labute approximate surface area is 198 Å². The highest BCUT2D eigenvalue weighted by molar-refractivity contribution is 5.94. The van der Waals surface area contributed by atoms with E-state index in [9.17, 15) is 14.4 Å². The van der Waals surface area contributed by atoms with Gasteiger partial charge in [-0.1, -0.05) is 24.3 Å². The van der Waals surface area contributed by atoms with Crippen LogP contribution in [0.5, 0.6) is 5.75 Å². The molecule has 1 aromatic heterocycles. The number of rotatable bonds is 5. The summed E-state index contributed by atoms with van der Waals surface area (Å²) in [4.78, 5) is 40.9. The highest BCUT2D eigenvalue weighted by atomic mass is 16.5. The summed E-state index contributed by atoms with van der Waals surface area (Å²) in [6.45, 7) is 4.70. The summed E-state index contributed by atoms with van der Waals surface area (Å²) in [5.41, 5.74) is 2.77. The lowest BCUT2D eigenvalue weighted by Gasteiger charge is -2.34. The minimum Gasteiger partial charge on any atom is -0.481 e. The molecule has 1 aliphatic heterocycles. The molecule has 1 saturated heterocycles. The fourth-order valence-electron chi connectivity index (χ4n) is 4.57. The van der Waals surface area contributed by atoms with Crippen LogP contribution in [0.1, 0.15) is 25.3 Å². The minimum atomic E-state index is -0.739. The van der Waals surface area contributed by atoms with Gasteiger partial charge in [-0.3, -0.25) is 9.59 Å². The van der Waals surface area contributed by atoms with E-state index in [1.807, 2.05) is 37.3 Å². The van der Waals surface area contributed by atoms with Gasteiger partial charge in [0, 0.05) is 50.3 Å². The van der Waals surface area contributed by atoms with Gasteiger partial charge in [-0.25, -0.2) is 4.79 Å².